The Morgan fingerprint density at radius 3 is 2.94 bits per heavy atom. The molecule has 3 rings (SSSR count). The monoisotopic (exact) mass is 235 g/mol. The number of aromatic hydroxyl groups is 1. The second kappa shape index (κ2) is 3.92. The molecule has 1 aromatic rings. The molecule has 1 aromatic carbocycles. The predicted octanol–water partition coefficient (Wildman–Crippen LogP) is 0.731. The summed E-state index contributed by atoms with van der Waals surface area (Å²) in [4.78, 5) is 11.4. The topological polar surface area (TPSA) is 67.8 Å². The number of carbonyl (C=O) groups is 1. The van der Waals surface area contributed by atoms with Gasteiger partial charge < -0.3 is 14.6 Å². The van der Waals surface area contributed by atoms with Gasteiger partial charge in [0.2, 0.25) is 0 Å². The fourth-order valence-corrected chi connectivity index (χ4v) is 2.23. The minimum absolute atomic E-state index is 0.0127. The van der Waals surface area contributed by atoms with Gasteiger partial charge in [-0.1, -0.05) is 0 Å². The standard InChI is InChI=1S/C12H13NO4/c14-7-1-2-8-10(6-17-11(8)5-7)13-9-3-4-16-12(9)15/h1-2,5,9-10,13-14H,3-4,6H2. The number of carbonyl (C=O) groups excluding carboxylic acids is 1. The van der Waals surface area contributed by atoms with Crippen LogP contribution < -0.4 is 10.1 Å². The summed E-state index contributed by atoms with van der Waals surface area (Å²) in [6.07, 6.45) is 0.697. The van der Waals surface area contributed by atoms with Crippen molar-refractivity contribution < 1.29 is 19.4 Å². The van der Waals surface area contributed by atoms with Crippen LogP contribution >= 0.6 is 0 Å². The number of hydrogen-bond donors (Lipinski definition) is 2. The van der Waals surface area contributed by atoms with Crippen LogP contribution in [0.1, 0.15) is 18.0 Å². The third-order valence-corrected chi connectivity index (χ3v) is 3.12. The summed E-state index contributed by atoms with van der Waals surface area (Å²) in [5.74, 6) is 0.663. The Balaban J connectivity index is 1.77. The molecule has 5 heteroatoms. The van der Waals surface area contributed by atoms with Gasteiger partial charge in [0.1, 0.15) is 24.1 Å². The molecule has 2 N–H and O–H groups in total. The Kier molecular flexibility index (Phi) is 2.40. The highest BCUT2D eigenvalue weighted by atomic mass is 16.5. The van der Waals surface area contributed by atoms with Gasteiger partial charge in [-0.15, -0.1) is 0 Å². The van der Waals surface area contributed by atoms with Gasteiger partial charge in [-0.25, -0.2) is 0 Å². The van der Waals surface area contributed by atoms with Crippen molar-refractivity contribution in [3.8, 4) is 11.5 Å². The van der Waals surface area contributed by atoms with Crippen LogP contribution in [0.25, 0.3) is 0 Å². The van der Waals surface area contributed by atoms with E-state index in [4.69, 9.17) is 9.47 Å². The van der Waals surface area contributed by atoms with E-state index in [-0.39, 0.29) is 23.8 Å². The van der Waals surface area contributed by atoms with Gasteiger partial charge in [0, 0.05) is 18.1 Å². The van der Waals surface area contributed by atoms with E-state index in [2.05, 4.69) is 5.32 Å². The van der Waals surface area contributed by atoms with Crippen LogP contribution in [-0.4, -0.2) is 30.3 Å². The van der Waals surface area contributed by atoms with E-state index in [0.29, 0.717) is 25.4 Å². The van der Waals surface area contributed by atoms with Gasteiger partial charge in [-0.3, -0.25) is 10.1 Å². The molecule has 90 valence electrons. The largest absolute Gasteiger partial charge is 0.508 e. The molecule has 0 radical (unpaired) electrons. The zero-order valence-electron chi connectivity index (χ0n) is 9.18. The smallest absolute Gasteiger partial charge is 0.323 e. The lowest BCUT2D eigenvalue weighted by Crippen LogP contribution is -2.36. The molecular formula is C12H13NO4. The maximum absolute atomic E-state index is 11.4. The molecule has 0 aliphatic carbocycles. The maximum atomic E-state index is 11.4. The molecule has 5 nitrogen and oxygen atoms in total. The molecule has 2 heterocycles. The number of esters is 1. The lowest BCUT2D eigenvalue weighted by molar-refractivity contribution is -0.139. The van der Waals surface area contributed by atoms with Crippen molar-refractivity contribution in [1.29, 1.82) is 0 Å². The second-order valence-corrected chi connectivity index (χ2v) is 4.26. The third-order valence-electron chi connectivity index (χ3n) is 3.12. The Bertz CT molecular complexity index is 460. The molecule has 0 aromatic heterocycles. The number of phenols is 1. The Morgan fingerprint density at radius 1 is 1.29 bits per heavy atom. The molecular weight excluding hydrogens is 222 g/mol. The average molecular weight is 235 g/mol. The molecule has 1 saturated heterocycles. The summed E-state index contributed by atoms with van der Waals surface area (Å²) in [7, 11) is 0. The molecule has 0 bridgehead atoms. The second-order valence-electron chi connectivity index (χ2n) is 4.26. The van der Waals surface area contributed by atoms with E-state index in [1.165, 1.54) is 0 Å². The van der Waals surface area contributed by atoms with Crippen molar-refractivity contribution in [2.75, 3.05) is 13.2 Å². The average Bonchev–Trinajstić information content (AvgIpc) is 2.87. The molecule has 1 fully saturated rings. The van der Waals surface area contributed by atoms with Crippen LogP contribution in [0.5, 0.6) is 11.5 Å². The number of fused-ring (bicyclic) bond motifs is 1. The minimum atomic E-state index is -0.247. The first-order valence-electron chi connectivity index (χ1n) is 5.62. The fourth-order valence-electron chi connectivity index (χ4n) is 2.23. The molecule has 2 aliphatic rings. The first kappa shape index (κ1) is 10.4. The maximum Gasteiger partial charge on any atom is 0.323 e. The highest BCUT2D eigenvalue weighted by molar-refractivity contribution is 5.77. The van der Waals surface area contributed by atoms with Crippen molar-refractivity contribution in [2.45, 2.75) is 18.5 Å². The van der Waals surface area contributed by atoms with Gasteiger partial charge >= 0.3 is 5.97 Å². The quantitative estimate of drug-likeness (QED) is 0.740. The van der Waals surface area contributed by atoms with Crippen LogP contribution in [0.4, 0.5) is 0 Å². The number of ether oxygens (including phenoxy) is 2. The van der Waals surface area contributed by atoms with E-state index >= 15 is 0 Å². The zero-order valence-corrected chi connectivity index (χ0v) is 9.18. The molecule has 2 atom stereocenters. The van der Waals surface area contributed by atoms with Crippen molar-refractivity contribution in [2.24, 2.45) is 0 Å². The number of phenolic OH excluding ortho intramolecular Hbond substituents is 1. The van der Waals surface area contributed by atoms with Crippen LogP contribution in [0, 0.1) is 0 Å². The Labute approximate surface area is 98.3 Å². The summed E-state index contributed by atoms with van der Waals surface area (Å²) in [6, 6.07) is 4.76. The Hall–Kier alpha value is -1.75. The molecule has 0 amide bonds. The van der Waals surface area contributed by atoms with E-state index in [0.717, 1.165) is 5.56 Å². The molecule has 17 heavy (non-hydrogen) atoms. The SMILES string of the molecule is O=C1OCCC1NC1COc2cc(O)ccc21. The fraction of sp³-hybridized carbons (Fsp3) is 0.417. The van der Waals surface area contributed by atoms with E-state index in [1.54, 1.807) is 12.1 Å². The van der Waals surface area contributed by atoms with Gasteiger partial charge in [0.15, 0.2) is 0 Å². The number of nitrogens with one attached hydrogen (secondary N) is 1. The van der Waals surface area contributed by atoms with Crippen molar-refractivity contribution in [3.63, 3.8) is 0 Å². The summed E-state index contributed by atoms with van der Waals surface area (Å²) >= 11 is 0. The van der Waals surface area contributed by atoms with Gasteiger partial charge in [0.25, 0.3) is 0 Å². The van der Waals surface area contributed by atoms with E-state index < -0.39 is 0 Å². The van der Waals surface area contributed by atoms with Crippen molar-refractivity contribution >= 4 is 5.97 Å². The highest BCUT2D eigenvalue weighted by Gasteiger charge is 2.32. The summed E-state index contributed by atoms with van der Waals surface area (Å²) in [5, 5.41) is 12.6. The van der Waals surface area contributed by atoms with Crippen LogP contribution in [0.2, 0.25) is 0 Å². The molecule has 2 unspecified atom stereocenters. The van der Waals surface area contributed by atoms with Crippen LogP contribution in [0.3, 0.4) is 0 Å². The lowest BCUT2D eigenvalue weighted by atomic mass is 10.1. The first-order valence-corrected chi connectivity index (χ1v) is 5.62. The van der Waals surface area contributed by atoms with Gasteiger partial charge in [-0.05, 0) is 12.1 Å². The van der Waals surface area contributed by atoms with Crippen molar-refractivity contribution in [3.05, 3.63) is 23.8 Å². The van der Waals surface area contributed by atoms with Gasteiger partial charge in [0.05, 0.1) is 12.6 Å². The third kappa shape index (κ3) is 1.82. The van der Waals surface area contributed by atoms with Gasteiger partial charge in [-0.2, -0.15) is 0 Å². The number of hydrogen-bond acceptors (Lipinski definition) is 5. The first-order chi connectivity index (χ1) is 8.24. The summed E-state index contributed by atoms with van der Waals surface area (Å²) in [6.45, 7) is 0.953. The molecule has 0 saturated carbocycles. The predicted molar refractivity (Wildman–Crippen MR) is 58.8 cm³/mol. The molecule has 0 spiro atoms. The van der Waals surface area contributed by atoms with E-state index in [1.807, 2.05) is 6.07 Å². The van der Waals surface area contributed by atoms with E-state index in [9.17, 15) is 9.90 Å². The zero-order chi connectivity index (χ0) is 11.8. The molecule has 2 aliphatic heterocycles. The van der Waals surface area contributed by atoms with Crippen LogP contribution in [0.15, 0.2) is 18.2 Å². The van der Waals surface area contributed by atoms with Crippen molar-refractivity contribution in [1.82, 2.24) is 5.32 Å². The lowest BCUT2D eigenvalue weighted by Gasteiger charge is -2.14. The summed E-state index contributed by atoms with van der Waals surface area (Å²) in [5.41, 5.74) is 0.975. The highest BCUT2D eigenvalue weighted by Crippen LogP contribution is 2.35. The van der Waals surface area contributed by atoms with Crippen LogP contribution in [-0.2, 0) is 9.53 Å². The Morgan fingerprint density at radius 2 is 2.18 bits per heavy atom. The number of benzene rings is 1. The normalized spacial score (nSPS) is 26.5. The number of rotatable bonds is 2. The minimum Gasteiger partial charge on any atom is -0.508 e. The summed E-state index contributed by atoms with van der Waals surface area (Å²) < 4.78 is 10.4. The number of cyclic esters (lactones) is 1.